The summed E-state index contributed by atoms with van der Waals surface area (Å²) in [4.78, 5) is 28.6. The highest BCUT2D eigenvalue weighted by atomic mass is 16.4. The number of nitrogens with two attached hydrogens (primary N) is 1. The molecule has 2 aromatic rings. The Kier molecular flexibility index (Phi) is 4.55. The number of carbonyl (C=O) groups is 1. The lowest BCUT2D eigenvalue weighted by Crippen LogP contribution is -2.14. The molecule has 0 unspecified atom stereocenters. The molecule has 4 N–H and O–H groups in total. The lowest BCUT2D eigenvalue weighted by atomic mass is 10.3. The number of H-pyrrole nitrogens is 1. The number of hydrogen-bond donors (Lipinski definition) is 3. The number of aromatic amines is 1. The van der Waals surface area contributed by atoms with Crippen LogP contribution in [-0.2, 0) is 11.3 Å². The van der Waals surface area contributed by atoms with Crippen LogP contribution in [0, 0.1) is 0 Å². The molecule has 0 radical (unpaired) electrons. The first-order valence-corrected chi connectivity index (χ1v) is 6.48. The topological polar surface area (TPSA) is 114 Å². The van der Waals surface area contributed by atoms with Crippen LogP contribution in [0.4, 0.5) is 5.95 Å². The second-order valence-corrected chi connectivity index (χ2v) is 4.46. The summed E-state index contributed by atoms with van der Waals surface area (Å²) in [6.45, 7) is 0.672. The lowest BCUT2D eigenvalue weighted by Gasteiger charge is -2.03. The molecule has 2 aromatic heterocycles. The fourth-order valence-corrected chi connectivity index (χ4v) is 2.01. The first-order chi connectivity index (χ1) is 10.1. The van der Waals surface area contributed by atoms with Gasteiger partial charge in [0.15, 0.2) is 0 Å². The molecule has 110 valence electrons. The summed E-state index contributed by atoms with van der Waals surface area (Å²) in [5.74, 6) is -0.858. The number of carboxylic acid groups (broad SMARTS) is 1. The van der Waals surface area contributed by atoms with Crippen molar-refractivity contribution in [2.24, 2.45) is 0 Å². The van der Waals surface area contributed by atoms with Gasteiger partial charge in [-0.05, 0) is 18.9 Å². The van der Waals surface area contributed by atoms with Gasteiger partial charge in [-0.25, -0.2) is 9.78 Å². The SMILES string of the molecule is Nc1nc2ccn(CCCC=CC=CC(=O)O)c2c(=O)[nH]1. The van der Waals surface area contributed by atoms with Crippen LogP contribution in [0.5, 0.6) is 0 Å². The van der Waals surface area contributed by atoms with Gasteiger partial charge in [0.05, 0.1) is 5.52 Å². The average Bonchev–Trinajstić information content (AvgIpc) is 2.80. The molecule has 0 saturated heterocycles. The van der Waals surface area contributed by atoms with Gasteiger partial charge in [0, 0.05) is 18.8 Å². The van der Waals surface area contributed by atoms with E-state index in [-0.39, 0.29) is 11.5 Å². The largest absolute Gasteiger partial charge is 0.478 e. The number of nitrogen functional groups attached to an aromatic ring is 1. The van der Waals surface area contributed by atoms with E-state index < -0.39 is 5.97 Å². The van der Waals surface area contributed by atoms with Gasteiger partial charge < -0.3 is 15.4 Å². The third kappa shape index (κ3) is 3.82. The van der Waals surface area contributed by atoms with Crippen molar-refractivity contribution >= 4 is 23.0 Å². The number of aliphatic carboxylic acids is 1. The van der Waals surface area contributed by atoms with Crippen molar-refractivity contribution in [3.8, 4) is 0 Å². The quantitative estimate of drug-likeness (QED) is 0.421. The van der Waals surface area contributed by atoms with E-state index in [2.05, 4.69) is 9.97 Å². The smallest absolute Gasteiger partial charge is 0.328 e. The van der Waals surface area contributed by atoms with Crippen LogP contribution in [0.15, 0.2) is 41.4 Å². The molecule has 21 heavy (non-hydrogen) atoms. The van der Waals surface area contributed by atoms with Gasteiger partial charge in [-0.1, -0.05) is 18.2 Å². The van der Waals surface area contributed by atoms with Crippen molar-refractivity contribution in [2.75, 3.05) is 5.73 Å². The Morgan fingerprint density at radius 3 is 3.05 bits per heavy atom. The van der Waals surface area contributed by atoms with Crippen LogP contribution >= 0.6 is 0 Å². The lowest BCUT2D eigenvalue weighted by molar-refractivity contribution is -0.131. The van der Waals surface area contributed by atoms with E-state index >= 15 is 0 Å². The molecule has 0 aromatic carbocycles. The summed E-state index contributed by atoms with van der Waals surface area (Å²) in [7, 11) is 0. The minimum absolute atomic E-state index is 0.110. The molecule has 7 nitrogen and oxygen atoms in total. The highest BCUT2D eigenvalue weighted by Gasteiger charge is 2.07. The molecule has 0 spiro atoms. The van der Waals surface area contributed by atoms with E-state index in [4.69, 9.17) is 10.8 Å². The van der Waals surface area contributed by atoms with Crippen LogP contribution in [0.3, 0.4) is 0 Å². The van der Waals surface area contributed by atoms with E-state index in [1.165, 1.54) is 6.08 Å². The van der Waals surface area contributed by atoms with Gasteiger partial charge in [0.2, 0.25) is 5.95 Å². The Labute approximate surface area is 120 Å². The van der Waals surface area contributed by atoms with E-state index in [0.29, 0.717) is 17.6 Å². The summed E-state index contributed by atoms with van der Waals surface area (Å²) in [5.41, 5.74) is 6.34. The van der Waals surface area contributed by atoms with Crippen molar-refractivity contribution < 1.29 is 9.90 Å². The molecule has 0 bridgehead atoms. The number of anilines is 1. The van der Waals surface area contributed by atoms with Crippen LogP contribution in [0.25, 0.3) is 11.0 Å². The number of nitrogens with one attached hydrogen (secondary N) is 1. The van der Waals surface area contributed by atoms with Crippen LogP contribution in [0.1, 0.15) is 12.8 Å². The summed E-state index contributed by atoms with van der Waals surface area (Å²) in [6, 6.07) is 1.76. The number of aryl methyl sites for hydroxylation is 1. The molecule has 0 atom stereocenters. The fourth-order valence-electron chi connectivity index (χ4n) is 2.01. The number of allylic oxidation sites excluding steroid dienone is 3. The maximum absolute atomic E-state index is 11.8. The number of fused-ring (bicyclic) bond motifs is 1. The second kappa shape index (κ2) is 6.56. The van der Waals surface area contributed by atoms with E-state index in [9.17, 15) is 9.59 Å². The zero-order valence-corrected chi connectivity index (χ0v) is 11.3. The molecule has 2 rings (SSSR count). The number of hydrogen-bond acceptors (Lipinski definition) is 4. The molecule has 0 aliphatic carbocycles. The van der Waals surface area contributed by atoms with E-state index in [1.54, 1.807) is 18.3 Å². The number of rotatable bonds is 6. The number of unbranched alkanes of at least 4 members (excludes halogenated alkanes) is 1. The number of nitrogens with zero attached hydrogens (tertiary/aromatic N) is 2. The molecule has 2 heterocycles. The van der Waals surface area contributed by atoms with Crippen LogP contribution < -0.4 is 11.3 Å². The van der Waals surface area contributed by atoms with Crippen LogP contribution in [-0.4, -0.2) is 25.6 Å². The molecule has 7 heteroatoms. The molecule has 0 aliphatic rings. The maximum atomic E-state index is 11.8. The normalized spacial score (nSPS) is 11.8. The molecule has 0 saturated carbocycles. The zero-order valence-electron chi connectivity index (χ0n) is 11.3. The second-order valence-electron chi connectivity index (χ2n) is 4.46. The third-order valence-corrected chi connectivity index (χ3v) is 2.90. The first-order valence-electron chi connectivity index (χ1n) is 6.48. The number of carboxylic acids is 1. The summed E-state index contributed by atoms with van der Waals surface area (Å²) < 4.78 is 1.83. The minimum Gasteiger partial charge on any atom is -0.478 e. The highest BCUT2D eigenvalue weighted by Crippen LogP contribution is 2.10. The van der Waals surface area contributed by atoms with Gasteiger partial charge in [-0.3, -0.25) is 9.78 Å². The molecular formula is C14H16N4O3. The Hall–Kier alpha value is -2.83. The van der Waals surface area contributed by atoms with Crippen molar-refractivity contribution in [3.63, 3.8) is 0 Å². The third-order valence-electron chi connectivity index (χ3n) is 2.90. The molecule has 0 fully saturated rings. The highest BCUT2D eigenvalue weighted by molar-refractivity contribution is 5.80. The Morgan fingerprint density at radius 2 is 2.29 bits per heavy atom. The summed E-state index contributed by atoms with van der Waals surface area (Å²) in [5, 5.41) is 8.42. The van der Waals surface area contributed by atoms with Gasteiger partial charge in [0.25, 0.3) is 5.56 Å². The summed E-state index contributed by atoms with van der Waals surface area (Å²) >= 11 is 0. The monoisotopic (exact) mass is 288 g/mol. The van der Waals surface area contributed by atoms with Gasteiger partial charge >= 0.3 is 5.97 Å². The van der Waals surface area contributed by atoms with Gasteiger partial charge in [-0.2, -0.15) is 0 Å². The zero-order chi connectivity index (χ0) is 15.2. The molecule has 0 amide bonds. The van der Waals surface area contributed by atoms with Crippen molar-refractivity contribution in [3.05, 3.63) is 46.9 Å². The summed E-state index contributed by atoms with van der Waals surface area (Å²) in [6.07, 6.45) is 9.54. The predicted molar refractivity (Wildman–Crippen MR) is 79.9 cm³/mol. The van der Waals surface area contributed by atoms with Crippen molar-refractivity contribution in [1.82, 2.24) is 14.5 Å². The number of aromatic nitrogens is 3. The van der Waals surface area contributed by atoms with E-state index in [0.717, 1.165) is 18.9 Å². The van der Waals surface area contributed by atoms with Gasteiger partial charge in [0.1, 0.15) is 5.52 Å². The average molecular weight is 288 g/mol. The van der Waals surface area contributed by atoms with Crippen molar-refractivity contribution in [2.45, 2.75) is 19.4 Å². The van der Waals surface area contributed by atoms with Crippen LogP contribution in [0.2, 0.25) is 0 Å². The van der Waals surface area contributed by atoms with Crippen molar-refractivity contribution in [1.29, 1.82) is 0 Å². The fraction of sp³-hybridized carbons (Fsp3) is 0.214. The Morgan fingerprint density at radius 1 is 1.48 bits per heavy atom. The van der Waals surface area contributed by atoms with E-state index in [1.807, 2.05) is 10.6 Å². The first kappa shape index (κ1) is 14.6. The standard InChI is InChI=1S/C14H16N4O3/c15-14-16-10-7-9-18(12(10)13(21)17-14)8-5-3-1-2-4-6-11(19)20/h1-2,4,6-7,9H,3,5,8H2,(H,19,20)(H3,15,16,17,21). The van der Waals surface area contributed by atoms with Gasteiger partial charge in [-0.15, -0.1) is 0 Å². The predicted octanol–water partition coefficient (Wildman–Crippen LogP) is 1.28. The Balaban J connectivity index is 1.96. The maximum Gasteiger partial charge on any atom is 0.328 e. The Bertz CT molecular complexity index is 755. The minimum atomic E-state index is -0.968. The molecule has 0 aliphatic heterocycles. The molecular weight excluding hydrogens is 272 g/mol.